The first-order valence-electron chi connectivity index (χ1n) is 7.51. The average Bonchev–Trinajstić information content (AvgIpc) is 2.42. The number of carboxylic acids is 1. The zero-order valence-corrected chi connectivity index (χ0v) is 14.3. The Kier molecular flexibility index (Phi) is 6.88. The van der Waals surface area contributed by atoms with E-state index in [1.54, 1.807) is 6.92 Å². The molecule has 5 heteroatoms. The van der Waals surface area contributed by atoms with E-state index in [-0.39, 0.29) is 23.7 Å². The summed E-state index contributed by atoms with van der Waals surface area (Å²) in [6.45, 7) is 7.99. The predicted octanol–water partition coefficient (Wildman–Crippen LogP) is 4.50. The third-order valence-electron chi connectivity index (χ3n) is 3.32. The molecule has 1 rings (SSSR count). The minimum absolute atomic E-state index is 0.0363. The quantitative estimate of drug-likeness (QED) is 0.591. The number of carboxylic acid groups (broad SMARTS) is 1. The van der Waals surface area contributed by atoms with Gasteiger partial charge in [0.1, 0.15) is 0 Å². The topological polar surface area (TPSA) is 63.6 Å². The molecular weight excluding hydrogens is 304 g/mol. The lowest BCUT2D eigenvalue weighted by Crippen LogP contribution is -2.17. The monoisotopic (exact) mass is 326 g/mol. The van der Waals surface area contributed by atoms with E-state index < -0.39 is 11.9 Å². The van der Waals surface area contributed by atoms with E-state index in [4.69, 9.17) is 16.3 Å². The molecule has 0 atom stereocenters. The van der Waals surface area contributed by atoms with Crippen LogP contribution in [-0.4, -0.2) is 23.7 Å². The van der Waals surface area contributed by atoms with Gasteiger partial charge in [-0.05, 0) is 42.9 Å². The summed E-state index contributed by atoms with van der Waals surface area (Å²) in [6, 6.07) is 1.50. The minimum Gasteiger partial charge on any atom is -0.478 e. The summed E-state index contributed by atoms with van der Waals surface area (Å²) in [7, 11) is 0. The van der Waals surface area contributed by atoms with Crippen molar-refractivity contribution in [1.82, 2.24) is 0 Å². The highest BCUT2D eigenvalue weighted by atomic mass is 35.5. The summed E-state index contributed by atoms with van der Waals surface area (Å²) >= 11 is 6.27. The number of aryl methyl sites for hydroxylation is 1. The van der Waals surface area contributed by atoms with Gasteiger partial charge in [0.15, 0.2) is 0 Å². The lowest BCUT2D eigenvalue weighted by Gasteiger charge is -2.16. The van der Waals surface area contributed by atoms with Crippen molar-refractivity contribution in [3.8, 4) is 0 Å². The average molecular weight is 327 g/mol. The van der Waals surface area contributed by atoms with Gasteiger partial charge in [-0.25, -0.2) is 9.59 Å². The molecular formula is C17H23ClO4. The van der Waals surface area contributed by atoms with Crippen LogP contribution < -0.4 is 0 Å². The Bertz CT molecular complexity index is 564. The molecule has 0 aliphatic carbocycles. The van der Waals surface area contributed by atoms with Gasteiger partial charge in [-0.2, -0.15) is 0 Å². The van der Waals surface area contributed by atoms with Gasteiger partial charge in [-0.15, -0.1) is 0 Å². The van der Waals surface area contributed by atoms with Crippen LogP contribution >= 0.6 is 11.6 Å². The summed E-state index contributed by atoms with van der Waals surface area (Å²) in [6.07, 6.45) is 2.15. The first kappa shape index (κ1) is 18.5. The van der Waals surface area contributed by atoms with Gasteiger partial charge in [0, 0.05) is 5.02 Å². The molecule has 0 saturated carbocycles. The molecule has 0 radical (unpaired) electrons. The van der Waals surface area contributed by atoms with E-state index >= 15 is 0 Å². The highest BCUT2D eigenvalue weighted by Crippen LogP contribution is 2.30. The molecule has 1 N–H and O–H groups in total. The van der Waals surface area contributed by atoms with E-state index in [9.17, 15) is 14.7 Å². The van der Waals surface area contributed by atoms with Gasteiger partial charge < -0.3 is 9.84 Å². The standard InChI is InChI=1S/C17H23ClO4/c1-5-6-7-22-17(21)13-9-11(4)15(18)12(8-10(2)3)14(13)16(19)20/h9-10H,5-8H2,1-4H3,(H,19,20). The van der Waals surface area contributed by atoms with Crippen LogP contribution in [0.3, 0.4) is 0 Å². The Labute approximate surface area is 136 Å². The Morgan fingerprint density at radius 3 is 2.50 bits per heavy atom. The van der Waals surface area contributed by atoms with E-state index in [0.29, 0.717) is 22.6 Å². The molecule has 0 aromatic heterocycles. The van der Waals surface area contributed by atoms with Crippen LogP contribution in [0.15, 0.2) is 6.07 Å². The van der Waals surface area contributed by atoms with Gasteiger partial charge >= 0.3 is 11.9 Å². The second-order valence-corrected chi connectivity index (χ2v) is 6.18. The van der Waals surface area contributed by atoms with Crippen LogP contribution in [0.2, 0.25) is 5.02 Å². The van der Waals surface area contributed by atoms with Crippen LogP contribution in [-0.2, 0) is 11.2 Å². The number of halogens is 1. The summed E-state index contributed by atoms with van der Waals surface area (Å²) < 4.78 is 5.17. The lowest BCUT2D eigenvalue weighted by molar-refractivity contribution is 0.0489. The summed E-state index contributed by atoms with van der Waals surface area (Å²) in [5.41, 5.74) is 1.24. The maximum Gasteiger partial charge on any atom is 0.339 e. The molecule has 0 fully saturated rings. The third-order valence-corrected chi connectivity index (χ3v) is 3.85. The molecule has 0 spiro atoms. The van der Waals surface area contributed by atoms with Crippen molar-refractivity contribution in [2.45, 2.75) is 47.0 Å². The van der Waals surface area contributed by atoms with Crippen molar-refractivity contribution in [3.63, 3.8) is 0 Å². The number of carbonyl (C=O) groups excluding carboxylic acids is 1. The van der Waals surface area contributed by atoms with E-state index in [1.165, 1.54) is 6.07 Å². The number of hydrogen-bond donors (Lipinski definition) is 1. The van der Waals surface area contributed by atoms with Crippen molar-refractivity contribution in [3.05, 3.63) is 33.3 Å². The fourth-order valence-corrected chi connectivity index (χ4v) is 2.48. The molecule has 0 aliphatic rings. The van der Waals surface area contributed by atoms with Crippen LogP contribution in [0.5, 0.6) is 0 Å². The number of carbonyl (C=O) groups is 2. The van der Waals surface area contributed by atoms with Gasteiger partial charge in [0.2, 0.25) is 0 Å². The van der Waals surface area contributed by atoms with Crippen LogP contribution in [0.1, 0.15) is 65.5 Å². The zero-order chi connectivity index (χ0) is 16.9. The Morgan fingerprint density at radius 2 is 2.00 bits per heavy atom. The van der Waals surface area contributed by atoms with Crippen molar-refractivity contribution < 1.29 is 19.4 Å². The van der Waals surface area contributed by atoms with Crippen molar-refractivity contribution in [2.24, 2.45) is 5.92 Å². The first-order chi connectivity index (χ1) is 10.3. The Morgan fingerprint density at radius 1 is 1.36 bits per heavy atom. The molecule has 0 unspecified atom stereocenters. The predicted molar refractivity (Wildman–Crippen MR) is 86.9 cm³/mol. The fraction of sp³-hybridized carbons (Fsp3) is 0.529. The third kappa shape index (κ3) is 4.47. The number of aromatic carboxylic acids is 1. The molecule has 4 nitrogen and oxygen atoms in total. The molecule has 0 amide bonds. The Balaban J connectivity index is 3.34. The summed E-state index contributed by atoms with van der Waals surface area (Å²) in [4.78, 5) is 23.9. The first-order valence-corrected chi connectivity index (χ1v) is 7.89. The fourth-order valence-electron chi connectivity index (χ4n) is 2.25. The van der Waals surface area contributed by atoms with Gasteiger partial charge in [-0.3, -0.25) is 0 Å². The highest BCUT2D eigenvalue weighted by Gasteiger charge is 2.25. The normalized spacial score (nSPS) is 10.8. The molecule has 0 aliphatic heterocycles. The van der Waals surface area contributed by atoms with Crippen LogP contribution in [0.25, 0.3) is 0 Å². The van der Waals surface area contributed by atoms with Crippen molar-refractivity contribution in [2.75, 3.05) is 6.61 Å². The van der Waals surface area contributed by atoms with Crippen LogP contribution in [0.4, 0.5) is 0 Å². The maximum absolute atomic E-state index is 12.2. The second-order valence-electron chi connectivity index (χ2n) is 5.80. The van der Waals surface area contributed by atoms with Crippen molar-refractivity contribution in [1.29, 1.82) is 0 Å². The van der Waals surface area contributed by atoms with E-state index in [2.05, 4.69) is 0 Å². The smallest absolute Gasteiger partial charge is 0.339 e. The number of ether oxygens (including phenoxy) is 1. The Hall–Kier alpha value is -1.55. The zero-order valence-electron chi connectivity index (χ0n) is 13.5. The number of esters is 1. The van der Waals surface area contributed by atoms with Gasteiger partial charge in [0.05, 0.1) is 17.7 Å². The molecule has 1 aromatic carbocycles. The van der Waals surface area contributed by atoms with E-state index in [0.717, 1.165) is 12.8 Å². The molecule has 1 aromatic rings. The SMILES string of the molecule is CCCCOC(=O)c1cc(C)c(Cl)c(CC(C)C)c1C(=O)O. The molecule has 0 bridgehead atoms. The number of hydrogen-bond acceptors (Lipinski definition) is 3. The number of benzene rings is 1. The van der Waals surface area contributed by atoms with Crippen LogP contribution in [0, 0.1) is 12.8 Å². The lowest BCUT2D eigenvalue weighted by atomic mass is 9.92. The van der Waals surface area contributed by atoms with Crippen molar-refractivity contribution >= 4 is 23.5 Å². The molecule has 122 valence electrons. The minimum atomic E-state index is -1.15. The highest BCUT2D eigenvalue weighted by molar-refractivity contribution is 6.33. The number of unbranched alkanes of at least 4 members (excludes halogenated alkanes) is 1. The van der Waals surface area contributed by atoms with E-state index in [1.807, 2.05) is 20.8 Å². The largest absolute Gasteiger partial charge is 0.478 e. The summed E-state index contributed by atoms with van der Waals surface area (Å²) in [5, 5.41) is 9.94. The summed E-state index contributed by atoms with van der Waals surface area (Å²) in [5.74, 6) is -1.53. The molecule has 22 heavy (non-hydrogen) atoms. The van der Waals surface area contributed by atoms with Gasteiger partial charge in [0.25, 0.3) is 0 Å². The molecule has 0 saturated heterocycles. The molecule has 0 heterocycles. The van der Waals surface area contributed by atoms with Gasteiger partial charge in [-0.1, -0.05) is 38.8 Å². The second kappa shape index (κ2) is 8.18. The number of rotatable bonds is 7. The maximum atomic E-state index is 12.2.